The van der Waals surface area contributed by atoms with Crippen LogP contribution in [0.1, 0.15) is 13.3 Å². The van der Waals surface area contributed by atoms with Crippen LogP contribution in [0.5, 0.6) is 0 Å². The maximum Gasteiger partial charge on any atom is 0.0693 e. The second-order valence-corrected chi connectivity index (χ2v) is 4.02. The van der Waals surface area contributed by atoms with E-state index in [0.717, 1.165) is 31.6 Å². The monoisotopic (exact) mass is 184 g/mol. The predicted molar refractivity (Wildman–Crippen MR) is 54.4 cm³/mol. The van der Waals surface area contributed by atoms with Crippen molar-refractivity contribution in [1.82, 2.24) is 4.90 Å². The summed E-state index contributed by atoms with van der Waals surface area (Å²) in [6, 6.07) is 0. The highest BCUT2D eigenvalue weighted by molar-refractivity contribution is 4.99. The summed E-state index contributed by atoms with van der Waals surface area (Å²) >= 11 is 0. The number of piperidine rings is 1. The van der Waals surface area contributed by atoms with Gasteiger partial charge in [0.1, 0.15) is 0 Å². The lowest BCUT2D eigenvalue weighted by molar-refractivity contribution is 0.0332. The van der Waals surface area contributed by atoms with Crippen molar-refractivity contribution in [3.05, 3.63) is 12.2 Å². The molecule has 1 aliphatic heterocycles. The molecule has 0 bridgehead atoms. The zero-order chi connectivity index (χ0) is 9.84. The number of β-amino-alcohol motifs (C(OH)–C–C–N with tert-alkyl or cyclic N) is 1. The zero-order valence-electron chi connectivity index (χ0n) is 8.37. The van der Waals surface area contributed by atoms with Crippen LogP contribution in [0, 0.1) is 5.92 Å². The first-order valence-corrected chi connectivity index (χ1v) is 4.90. The molecule has 1 saturated heterocycles. The summed E-state index contributed by atoms with van der Waals surface area (Å²) in [5.41, 5.74) is 6.51. The maximum absolute atomic E-state index is 9.63. The second kappa shape index (κ2) is 4.74. The van der Waals surface area contributed by atoms with Crippen LogP contribution in [-0.4, -0.2) is 42.3 Å². The first-order valence-electron chi connectivity index (χ1n) is 4.90. The fourth-order valence-electron chi connectivity index (χ4n) is 1.64. The molecule has 1 rings (SSSR count). The number of aliphatic hydroxyl groups is 1. The molecule has 0 aromatic carbocycles. The van der Waals surface area contributed by atoms with Crippen molar-refractivity contribution in [3.63, 3.8) is 0 Å². The van der Waals surface area contributed by atoms with E-state index in [1.54, 1.807) is 0 Å². The Hall–Kier alpha value is -0.380. The van der Waals surface area contributed by atoms with Gasteiger partial charge in [-0.3, -0.25) is 4.90 Å². The molecular weight excluding hydrogens is 164 g/mol. The van der Waals surface area contributed by atoms with Crippen LogP contribution < -0.4 is 5.73 Å². The number of rotatable bonds is 3. The third-order valence-corrected chi connectivity index (χ3v) is 2.74. The Morgan fingerprint density at radius 2 is 2.38 bits per heavy atom. The zero-order valence-corrected chi connectivity index (χ0v) is 8.37. The van der Waals surface area contributed by atoms with Crippen molar-refractivity contribution in [2.45, 2.75) is 19.4 Å². The Labute approximate surface area is 80.2 Å². The first-order chi connectivity index (χ1) is 6.13. The van der Waals surface area contributed by atoms with Gasteiger partial charge in [0.2, 0.25) is 0 Å². The van der Waals surface area contributed by atoms with Crippen molar-refractivity contribution in [2.24, 2.45) is 11.7 Å². The van der Waals surface area contributed by atoms with Gasteiger partial charge >= 0.3 is 0 Å². The van der Waals surface area contributed by atoms with Crippen LogP contribution in [0.4, 0.5) is 0 Å². The summed E-state index contributed by atoms with van der Waals surface area (Å²) in [6.45, 7) is 9.15. The highest BCUT2D eigenvalue weighted by Crippen LogP contribution is 2.17. The molecule has 2 atom stereocenters. The molecule has 0 aromatic rings. The van der Waals surface area contributed by atoms with Gasteiger partial charge in [-0.2, -0.15) is 0 Å². The van der Waals surface area contributed by atoms with Gasteiger partial charge in [0, 0.05) is 19.6 Å². The molecule has 1 heterocycles. The Balaban J connectivity index is 2.33. The van der Waals surface area contributed by atoms with Gasteiger partial charge in [-0.15, -0.1) is 0 Å². The minimum absolute atomic E-state index is 0.181. The Kier molecular flexibility index (Phi) is 3.90. The molecular formula is C10H20N2O. The van der Waals surface area contributed by atoms with E-state index in [1.807, 2.05) is 0 Å². The standard InChI is InChI=1S/C10H20N2O/c1-8(5-11)6-12-4-3-9(2)10(13)7-12/h9-10,13H,1,3-7,11H2,2H3. The van der Waals surface area contributed by atoms with E-state index in [2.05, 4.69) is 18.4 Å². The van der Waals surface area contributed by atoms with Crippen LogP contribution >= 0.6 is 0 Å². The van der Waals surface area contributed by atoms with Gasteiger partial charge in [0.15, 0.2) is 0 Å². The van der Waals surface area contributed by atoms with Gasteiger partial charge in [-0.05, 0) is 24.5 Å². The highest BCUT2D eigenvalue weighted by Gasteiger charge is 2.23. The van der Waals surface area contributed by atoms with E-state index in [1.165, 1.54) is 0 Å². The molecule has 76 valence electrons. The molecule has 0 spiro atoms. The lowest BCUT2D eigenvalue weighted by atomic mass is 9.96. The topological polar surface area (TPSA) is 49.5 Å². The Bertz CT molecular complexity index is 182. The molecule has 0 radical (unpaired) electrons. The summed E-state index contributed by atoms with van der Waals surface area (Å²) in [5.74, 6) is 0.433. The maximum atomic E-state index is 9.63. The normalized spacial score (nSPS) is 30.4. The van der Waals surface area contributed by atoms with Crippen LogP contribution in [0.2, 0.25) is 0 Å². The smallest absolute Gasteiger partial charge is 0.0693 e. The van der Waals surface area contributed by atoms with Crippen LogP contribution in [0.15, 0.2) is 12.2 Å². The third-order valence-electron chi connectivity index (χ3n) is 2.74. The molecule has 1 fully saturated rings. The summed E-state index contributed by atoms with van der Waals surface area (Å²) in [5, 5.41) is 9.63. The SMILES string of the molecule is C=C(CN)CN1CCC(C)C(O)C1. The van der Waals surface area contributed by atoms with Gasteiger partial charge in [0.05, 0.1) is 6.10 Å². The molecule has 13 heavy (non-hydrogen) atoms. The van der Waals surface area contributed by atoms with Crippen molar-refractivity contribution in [1.29, 1.82) is 0 Å². The predicted octanol–water partition coefficient (Wildman–Crippen LogP) is 0.204. The summed E-state index contributed by atoms with van der Waals surface area (Å²) in [6.07, 6.45) is 0.887. The van der Waals surface area contributed by atoms with Crippen molar-refractivity contribution >= 4 is 0 Å². The summed E-state index contributed by atoms with van der Waals surface area (Å²) in [7, 11) is 0. The Morgan fingerprint density at radius 1 is 1.69 bits per heavy atom. The van der Waals surface area contributed by atoms with Gasteiger partial charge in [-0.25, -0.2) is 0 Å². The van der Waals surface area contributed by atoms with Crippen molar-refractivity contribution < 1.29 is 5.11 Å². The van der Waals surface area contributed by atoms with Gasteiger partial charge in [0.25, 0.3) is 0 Å². The van der Waals surface area contributed by atoms with E-state index >= 15 is 0 Å². The van der Waals surface area contributed by atoms with Crippen molar-refractivity contribution in [2.75, 3.05) is 26.2 Å². The molecule has 2 unspecified atom stereocenters. The number of hydrogen-bond acceptors (Lipinski definition) is 3. The number of likely N-dealkylation sites (tertiary alicyclic amines) is 1. The van der Waals surface area contributed by atoms with E-state index in [-0.39, 0.29) is 6.10 Å². The fourth-order valence-corrected chi connectivity index (χ4v) is 1.64. The second-order valence-electron chi connectivity index (χ2n) is 4.02. The van der Waals surface area contributed by atoms with Gasteiger partial charge < -0.3 is 10.8 Å². The largest absolute Gasteiger partial charge is 0.392 e. The lowest BCUT2D eigenvalue weighted by Gasteiger charge is -2.34. The molecule has 0 aromatic heterocycles. The molecule has 3 heteroatoms. The minimum atomic E-state index is -0.181. The number of hydrogen-bond donors (Lipinski definition) is 2. The fraction of sp³-hybridized carbons (Fsp3) is 0.800. The molecule has 0 amide bonds. The van der Waals surface area contributed by atoms with E-state index in [9.17, 15) is 5.11 Å². The molecule has 3 N–H and O–H groups in total. The number of aliphatic hydroxyl groups excluding tert-OH is 1. The van der Waals surface area contributed by atoms with E-state index in [0.29, 0.717) is 12.5 Å². The first kappa shape index (κ1) is 10.7. The number of nitrogens with two attached hydrogens (primary N) is 1. The van der Waals surface area contributed by atoms with E-state index in [4.69, 9.17) is 5.73 Å². The average molecular weight is 184 g/mol. The third kappa shape index (κ3) is 3.10. The highest BCUT2D eigenvalue weighted by atomic mass is 16.3. The average Bonchev–Trinajstić information content (AvgIpc) is 2.11. The van der Waals surface area contributed by atoms with Crippen LogP contribution in [0.3, 0.4) is 0 Å². The molecule has 3 nitrogen and oxygen atoms in total. The van der Waals surface area contributed by atoms with E-state index < -0.39 is 0 Å². The quantitative estimate of drug-likeness (QED) is 0.616. The minimum Gasteiger partial charge on any atom is -0.392 e. The van der Waals surface area contributed by atoms with Gasteiger partial charge in [-0.1, -0.05) is 13.5 Å². The Morgan fingerprint density at radius 3 is 2.92 bits per heavy atom. The molecule has 1 aliphatic rings. The van der Waals surface area contributed by atoms with Crippen LogP contribution in [-0.2, 0) is 0 Å². The summed E-state index contributed by atoms with van der Waals surface area (Å²) < 4.78 is 0. The lowest BCUT2D eigenvalue weighted by Crippen LogP contribution is -2.43. The molecule has 0 saturated carbocycles. The van der Waals surface area contributed by atoms with Crippen molar-refractivity contribution in [3.8, 4) is 0 Å². The number of nitrogens with zero attached hydrogens (tertiary/aromatic N) is 1. The van der Waals surface area contributed by atoms with Crippen LogP contribution in [0.25, 0.3) is 0 Å². The summed E-state index contributed by atoms with van der Waals surface area (Å²) in [4.78, 5) is 2.22. The molecule has 0 aliphatic carbocycles.